The fourth-order valence-electron chi connectivity index (χ4n) is 1.47. The fraction of sp³-hybridized carbons (Fsp3) is 0.100. The van der Waals surface area contributed by atoms with Gasteiger partial charge in [0.05, 0.1) is 5.52 Å². The monoisotopic (exact) mass is 211 g/mol. The molecule has 78 valence electrons. The molecule has 1 heterocycles. The van der Waals surface area contributed by atoms with Crippen molar-refractivity contribution in [3.05, 3.63) is 36.3 Å². The molecule has 0 spiro atoms. The van der Waals surface area contributed by atoms with Gasteiger partial charge in [0.1, 0.15) is 5.82 Å². The van der Waals surface area contributed by atoms with Crippen molar-refractivity contribution in [1.82, 2.24) is 4.57 Å². The Labute approximate surface area is 83.5 Å². The molecule has 5 heteroatoms. The molecule has 1 aromatic heterocycles. The Morgan fingerprint density at radius 3 is 2.80 bits per heavy atom. The number of nitrogens with zero attached hydrogens (tertiary/aromatic N) is 1. The summed E-state index contributed by atoms with van der Waals surface area (Å²) in [6.45, 7) is 0. The van der Waals surface area contributed by atoms with E-state index in [0.29, 0.717) is 0 Å². The molecule has 1 unspecified atom stereocenters. The van der Waals surface area contributed by atoms with Crippen LogP contribution in [0, 0.1) is 5.82 Å². The summed E-state index contributed by atoms with van der Waals surface area (Å²) in [5.41, 5.74) is 0.227. The molecule has 0 saturated heterocycles. The molecule has 1 aromatic carbocycles. The minimum absolute atomic E-state index is 0.210. The number of benzene rings is 1. The van der Waals surface area contributed by atoms with Crippen LogP contribution in [-0.2, 0) is 4.79 Å². The van der Waals surface area contributed by atoms with Crippen molar-refractivity contribution in [3.8, 4) is 0 Å². The molecule has 0 bridgehead atoms. The van der Waals surface area contributed by atoms with Crippen molar-refractivity contribution in [1.29, 1.82) is 0 Å². The number of carboxylic acids is 1. The number of aliphatic carboxylic acids is 1. The van der Waals surface area contributed by atoms with Gasteiger partial charge >= 0.3 is 5.97 Å². The first-order chi connectivity index (χ1) is 7.11. The smallest absolute Gasteiger partial charge is 0.359 e. The average molecular weight is 211 g/mol. The maximum absolute atomic E-state index is 13.2. The summed E-state index contributed by atoms with van der Waals surface area (Å²) in [5.74, 6) is -2.10. The summed E-state index contributed by atoms with van der Waals surface area (Å²) in [4.78, 5) is 10.4. The second-order valence-electron chi connectivity index (χ2n) is 3.07. The van der Waals surface area contributed by atoms with Gasteiger partial charge in [-0.1, -0.05) is 6.07 Å². The number of fused-ring (bicyclic) bond motifs is 1. The number of rotatable bonds is 2. The lowest BCUT2D eigenvalue weighted by atomic mass is 10.2. The van der Waals surface area contributed by atoms with Crippen LogP contribution in [0.15, 0.2) is 30.5 Å². The predicted octanol–water partition coefficient (Wildman–Crippen LogP) is 2.33. The van der Waals surface area contributed by atoms with E-state index in [1.54, 1.807) is 0 Å². The molecule has 3 nitrogen and oxygen atoms in total. The molecular weight excluding hydrogens is 204 g/mol. The molecule has 2 aromatic rings. The van der Waals surface area contributed by atoms with E-state index in [2.05, 4.69) is 0 Å². The Kier molecular flexibility index (Phi) is 2.15. The van der Waals surface area contributed by atoms with Gasteiger partial charge in [0.15, 0.2) is 0 Å². The van der Waals surface area contributed by atoms with E-state index in [0.717, 1.165) is 4.57 Å². The minimum Gasteiger partial charge on any atom is -0.478 e. The molecule has 1 N–H and O–H groups in total. The second-order valence-corrected chi connectivity index (χ2v) is 3.07. The SMILES string of the molecule is O=C(O)C(F)n1ccc2c(F)cccc21. The van der Waals surface area contributed by atoms with Gasteiger partial charge in [-0.15, -0.1) is 0 Å². The molecule has 2 rings (SSSR count). The Morgan fingerprint density at radius 1 is 1.40 bits per heavy atom. The van der Waals surface area contributed by atoms with Crippen LogP contribution in [0.2, 0.25) is 0 Å². The highest BCUT2D eigenvalue weighted by molar-refractivity contribution is 5.83. The second kappa shape index (κ2) is 3.34. The third kappa shape index (κ3) is 1.45. The van der Waals surface area contributed by atoms with E-state index in [4.69, 9.17) is 5.11 Å². The van der Waals surface area contributed by atoms with Gasteiger partial charge in [0.2, 0.25) is 0 Å². The summed E-state index contributed by atoms with van der Waals surface area (Å²) < 4.78 is 27.3. The maximum Gasteiger partial charge on any atom is 0.359 e. The fourth-order valence-corrected chi connectivity index (χ4v) is 1.47. The van der Waals surface area contributed by atoms with Gasteiger partial charge in [-0.2, -0.15) is 0 Å². The molecule has 0 aliphatic carbocycles. The molecule has 15 heavy (non-hydrogen) atoms. The molecule has 0 fully saturated rings. The quantitative estimate of drug-likeness (QED) is 0.828. The topological polar surface area (TPSA) is 42.2 Å². The summed E-state index contributed by atoms with van der Waals surface area (Å²) in [7, 11) is 0. The van der Waals surface area contributed by atoms with E-state index in [9.17, 15) is 13.6 Å². The van der Waals surface area contributed by atoms with Crippen LogP contribution in [0.1, 0.15) is 6.30 Å². The van der Waals surface area contributed by atoms with Gasteiger partial charge in [-0.3, -0.25) is 0 Å². The summed E-state index contributed by atoms with van der Waals surface area (Å²) in [5, 5.41) is 8.70. The van der Waals surface area contributed by atoms with Gasteiger partial charge < -0.3 is 9.67 Å². The minimum atomic E-state index is -2.19. The predicted molar refractivity (Wildman–Crippen MR) is 49.7 cm³/mol. The van der Waals surface area contributed by atoms with E-state index in [1.807, 2.05) is 0 Å². The van der Waals surface area contributed by atoms with E-state index < -0.39 is 18.1 Å². The summed E-state index contributed by atoms with van der Waals surface area (Å²) in [6, 6.07) is 5.46. The zero-order chi connectivity index (χ0) is 11.0. The summed E-state index contributed by atoms with van der Waals surface area (Å²) in [6.07, 6.45) is -0.976. The number of alkyl halides is 1. The van der Waals surface area contributed by atoms with Gasteiger partial charge in [0.25, 0.3) is 6.30 Å². The highest BCUT2D eigenvalue weighted by Gasteiger charge is 2.19. The van der Waals surface area contributed by atoms with Crippen molar-refractivity contribution < 1.29 is 18.7 Å². The van der Waals surface area contributed by atoms with Crippen LogP contribution < -0.4 is 0 Å². The van der Waals surface area contributed by atoms with Crippen molar-refractivity contribution in [2.45, 2.75) is 6.30 Å². The van der Waals surface area contributed by atoms with Crippen LogP contribution in [0.5, 0.6) is 0 Å². The molecule has 1 atom stereocenters. The molecule has 0 saturated carbocycles. The van der Waals surface area contributed by atoms with Crippen LogP contribution in [-0.4, -0.2) is 15.6 Å². The lowest BCUT2D eigenvalue weighted by Crippen LogP contribution is -2.12. The van der Waals surface area contributed by atoms with Crippen molar-refractivity contribution in [3.63, 3.8) is 0 Å². The van der Waals surface area contributed by atoms with Crippen LogP contribution in [0.3, 0.4) is 0 Å². The van der Waals surface area contributed by atoms with Crippen LogP contribution >= 0.6 is 0 Å². The van der Waals surface area contributed by atoms with Gasteiger partial charge in [-0.25, -0.2) is 13.6 Å². The van der Waals surface area contributed by atoms with E-state index in [-0.39, 0.29) is 10.9 Å². The zero-order valence-corrected chi connectivity index (χ0v) is 7.52. The Hall–Kier alpha value is -1.91. The summed E-state index contributed by atoms with van der Waals surface area (Å²) >= 11 is 0. The highest BCUT2D eigenvalue weighted by Crippen LogP contribution is 2.23. The first kappa shape index (κ1) is 9.64. The molecule has 0 amide bonds. The van der Waals surface area contributed by atoms with E-state index in [1.165, 1.54) is 30.5 Å². The molecule has 0 radical (unpaired) electrons. The van der Waals surface area contributed by atoms with Gasteiger partial charge in [-0.05, 0) is 18.2 Å². The highest BCUT2D eigenvalue weighted by atomic mass is 19.1. The maximum atomic E-state index is 13.2. The Balaban J connectivity index is 2.64. The number of halogens is 2. The average Bonchev–Trinajstić information content (AvgIpc) is 2.61. The standard InChI is InChI=1S/C10H7F2NO2/c11-7-2-1-3-8-6(7)4-5-13(8)9(12)10(14)15/h1-5,9H,(H,14,15). The number of carbonyl (C=O) groups is 1. The number of carboxylic acid groups (broad SMARTS) is 1. The lowest BCUT2D eigenvalue weighted by molar-refractivity contribution is -0.146. The first-order valence-corrected chi connectivity index (χ1v) is 4.23. The lowest BCUT2D eigenvalue weighted by Gasteiger charge is -2.06. The van der Waals surface area contributed by atoms with Gasteiger partial charge in [0, 0.05) is 11.6 Å². The van der Waals surface area contributed by atoms with Crippen molar-refractivity contribution >= 4 is 16.9 Å². The van der Waals surface area contributed by atoms with E-state index >= 15 is 0 Å². The largest absolute Gasteiger partial charge is 0.478 e. The van der Waals surface area contributed by atoms with Crippen LogP contribution in [0.25, 0.3) is 10.9 Å². The normalized spacial score (nSPS) is 12.9. The van der Waals surface area contributed by atoms with Crippen molar-refractivity contribution in [2.75, 3.05) is 0 Å². The number of hydrogen-bond donors (Lipinski definition) is 1. The van der Waals surface area contributed by atoms with Crippen LogP contribution in [0.4, 0.5) is 8.78 Å². The van der Waals surface area contributed by atoms with Crippen molar-refractivity contribution in [2.24, 2.45) is 0 Å². The Morgan fingerprint density at radius 2 is 2.13 bits per heavy atom. The third-order valence-corrected chi connectivity index (χ3v) is 2.16. The molecule has 0 aliphatic rings. The molecule has 0 aliphatic heterocycles. The number of hydrogen-bond acceptors (Lipinski definition) is 1. The zero-order valence-electron chi connectivity index (χ0n) is 7.52. The first-order valence-electron chi connectivity index (χ1n) is 4.23. The third-order valence-electron chi connectivity index (χ3n) is 2.16. The number of aromatic nitrogens is 1. The Bertz CT molecular complexity index is 521. The molecular formula is C10H7F2NO2.